The molecule has 2 aliphatic carbocycles. The van der Waals surface area contributed by atoms with Gasteiger partial charge in [-0.1, -0.05) is 12.1 Å². The molecule has 4 N–H and O–H groups in total. The number of amidine groups is 1. The lowest BCUT2D eigenvalue weighted by Gasteiger charge is -2.21. The van der Waals surface area contributed by atoms with Crippen molar-refractivity contribution in [2.75, 3.05) is 6.54 Å². The minimum absolute atomic E-state index is 0.0324. The molecular formula is C12H23N3O. The Morgan fingerprint density at radius 3 is 2.31 bits per heavy atom. The fourth-order valence-electron chi connectivity index (χ4n) is 2.57. The van der Waals surface area contributed by atoms with Gasteiger partial charge in [-0.2, -0.15) is 0 Å². The average Bonchev–Trinajstić information content (AvgIpc) is 3.16. The van der Waals surface area contributed by atoms with Gasteiger partial charge >= 0.3 is 0 Å². The molecule has 0 bridgehead atoms. The maximum Gasteiger partial charge on any atom is 0.156 e. The van der Waals surface area contributed by atoms with Crippen LogP contribution >= 0.6 is 0 Å². The third-order valence-electron chi connectivity index (χ3n) is 3.94. The van der Waals surface area contributed by atoms with E-state index in [1.807, 2.05) is 0 Å². The lowest BCUT2D eigenvalue weighted by Crippen LogP contribution is -2.43. The summed E-state index contributed by atoms with van der Waals surface area (Å²) >= 11 is 0. The molecule has 2 saturated carbocycles. The van der Waals surface area contributed by atoms with Crippen LogP contribution in [0.2, 0.25) is 0 Å². The number of hydrogen-bond donors (Lipinski definition) is 3. The van der Waals surface area contributed by atoms with E-state index >= 15 is 0 Å². The van der Waals surface area contributed by atoms with Crippen LogP contribution in [-0.2, 0) is 0 Å². The van der Waals surface area contributed by atoms with E-state index in [0.717, 1.165) is 30.7 Å². The fourth-order valence-corrected chi connectivity index (χ4v) is 2.57. The van der Waals surface area contributed by atoms with Gasteiger partial charge in [0.25, 0.3) is 0 Å². The van der Waals surface area contributed by atoms with Crippen LogP contribution in [-0.4, -0.2) is 23.6 Å². The topological polar surface area (TPSA) is 70.6 Å². The standard InChI is InChI=1S/C12H23N3O/c1-2-11(12(13)15-16)14-7-10(8-3-4-8)9-5-6-9/h8-11,14,16H,2-7H2,1H3,(H2,13,15). The highest BCUT2D eigenvalue weighted by molar-refractivity contribution is 5.85. The first-order chi connectivity index (χ1) is 7.76. The van der Waals surface area contributed by atoms with Crippen LogP contribution in [0.15, 0.2) is 5.16 Å². The summed E-state index contributed by atoms with van der Waals surface area (Å²) in [5.41, 5.74) is 5.63. The summed E-state index contributed by atoms with van der Waals surface area (Å²) in [7, 11) is 0. The predicted octanol–water partition coefficient (Wildman–Crippen LogP) is 1.54. The molecular weight excluding hydrogens is 202 g/mol. The summed E-state index contributed by atoms with van der Waals surface area (Å²) in [6, 6.07) is 0.0324. The van der Waals surface area contributed by atoms with Crippen molar-refractivity contribution >= 4 is 5.84 Å². The largest absolute Gasteiger partial charge is 0.409 e. The molecule has 0 aromatic heterocycles. The van der Waals surface area contributed by atoms with Gasteiger partial charge in [-0.25, -0.2) is 0 Å². The quantitative estimate of drug-likeness (QED) is 0.266. The zero-order valence-corrected chi connectivity index (χ0v) is 10.0. The minimum atomic E-state index is 0.0324. The highest BCUT2D eigenvalue weighted by atomic mass is 16.4. The first kappa shape index (κ1) is 11.7. The zero-order valence-electron chi connectivity index (χ0n) is 10.0. The Morgan fingerprint density at radius 1 is 1.38 bits per heavy atom. The van der Waals surface area contributed by atoms with Crippen molar-refractivity contribution in [3.05, 3.63) is 0 Å². The van der Waals surface area contributed by atoms with Crippen LogP contribution in [0.1, 0.15) is 39.0 Å². The first-order valence-electron chi connectivity index (χ1n) is 6.47. The van der Waals surface area contributed by atoms with E-state index in [1.54, 1.807) is 0 Å². The maximum atomic E-state index is 8.67. The number of oxime groups is 1. The monoisotopic (exact) mass is 225 g/mol. The lowest BCUT2D eigenvalue weighted by molar-refractivity contribution is 0.311. The molecule has 4 nitrogen and oxygen atoms in total. The molecule has 2 fully saturated rings. The molecule has 2 aliphatic rings. The van der Waals surface area contributed by atoms with Crippen LogP contribution in [0.3, 0.4) is 0 Å². The fraction of sp³-hybridized carbons (Fsp3) is 0.917. The third-order valence-corrected chi connectivity index (χ3v) is 3.94. The van der Waals surface area contributed by atoms with E-state index in [-0.39, 0.29) is 6.04 Å². The van der Waals surface area contributed by atoms with Crippen molar-refractivity contribution in [3.8, 4) is 0 Å². The minimum Gasteiger partial charge on any atom is -0.409 e. The molecule has 0 aromatic rings. The molecule has 0 aromatic carbocycles. The molecule has 92 valence electrons. The summed E-state index contributed by atoms with van der Waals surface area (Å²) in [5, 5.41) is 15.2. The van der Waals surface area contributed by atoms with Gasteiger partial charge < -0.3 is 16.3 Å². The van der Waals surface area contributed by atoms with E-state index in [9.17, 15) is 0 Å². The summed E-state index contributed by atoms with van der Waals surface area (Å²) in [6.07, 6.45) is 6.50. The Kier molecular flexibility index (Phi) is 3.69. The van der Waals surface area contributed by atoms with E-state index in [2.05, 4.69) is 17.4 Å². The van der Waals surface area contributed by atoms with Gasteiger partial charge in [-0.3, -0.25) is 0 Å². The molecule has 0 radical (unpaired) electrons. The predicted molar refractivity (Wildman–Crippen MR) is 64.4 cm³/mol. The van der Waals surface area contributed by atoms with Gasteiger partial charge in [0.15, 0.2) is 5.84 Å². The summed E-state index contributed by atoms with van der Waals surface area (Å²) in [6.45, 7) is 3.09. The van der Waals surface area contributed by atoms with Gasteiger partial charge in [0, 0.05) is 0 Å². The molecule has 2 rings (SSSR count). The van der Waals surface area contributed by atoms with Crippen LogP contribution in [0.5, 0.6) is 0 Å². The summed E-state index contributed by atoms with van der Waals surface area (Å²) in [5.74, 6) is 3.04. The highest BCUT2D eigenvalue weighted by Gasteiger charge is 2.41. The lowest BCUT2D eigenvalue weighted by atomic mass is 9.97. The molecule has 0 spiro atoms. The van der Waals surface area contributed by atoms with Crippen LogP contribution in [0.4, 0.5) is 0 Å². The molecule has 0 saturated heterocycles. The number of nitrogens with zero attached hydrogens (tertiary/aromatic N) is 1. The van der Waals surface area contributed by atoms with E-state index in [0.29, 0.717) is 5.84 Å². The zero-order chi connectivity index (χ0) is 11.5. The van der Waals surface area contributed by atoms with Crippen LogP contribution < -0.4 is 11.1 Å². The van der Waals surface area contributed by atoms with Crippen molar-refractivity contribution in [1.82, 2.24) is 5.32 Å². The number of rotatable bonds is 7. The summed E-state index contributed by atoms with van der Waals surface area (Å²) in [4.78, 5) is 0. The molecule has 0 heterocycles. The van der Waals surface area contributed by atoms with E-state index < -0.39 is 0 Å². The van der Waals surface area contributed by atoms with Crippen LogP contribution in [0, 0.1) is 17.8 Å². The Balaban J connectivity index is 1.79. The van der Waals surface area contributed by atoms with E-state index in [1.165, 1.54) is 25.7 Å². The molecule has 1 unspecified atom stereocenters. The first-order valence-corrected chi connectivity index (χ1v) is 6.47. The Hall–Kier alpha value is -0.770. The second kappa shape index (κ2) is 5.04. The second-order valence-electron chi connectivity index (χ2n) is 5.23. The molecule has 0 amide bonds. The Morgan fingerprint density at radius 2 is 1.94 bits per heavy atom. The number of hydrogen-bond acceptors (Lipinski definition) is 3. The molecule has 0 aliphatic heterocycles. The van der Waals surface area contributed by atoms with Crippen molar-refractivity contribution < 1.29 is 5.21 Å². The van der Waals surface area contributed by atoms with Gasteiger partial charge in [-0.15, -0.1) is 0 Å². The van der Waals surface area contributed by atoms with Crippen molar-refractivity contribution in [2.45, 2.75) is 45.1 Å². The van der Waals surface area contributed by atoms with Crippen molar-refractivity contribution in [2.24, 2.45) is 28.6 Å². The SMILES string of the molecule is CCC(NCC(C1CC1)C1CC1)C(N)=NO. The molecule has 16 heavy (non-hydrogen) atoms. The van der Waals surface area contributed by atoms with Crippen molar-refractivity contribution in [1.29, 1.82) is 0 Å². The maximum absolute atomic E-state index is 8.67. The number of nitrogens with two attached hydrogens (primary N) is 1. The van der Waals surface area contributed by atoms with E-state index in [4.69, 9.17) is 10.9 Å². The van der Waals surface area contributed by atoms with Crippen molar-refractivity contribution in [3.63, 3.8) is 0 Å². The average molecular weight is 225 g/mol. The van der Waals surface area contributed by atoms with Gasteiger partial charge in [0.1, 0.15) is 0 Å². The van der Waals surface area contributed by atoms with Gasteiger partial charge in [-0.05, 0) is 56.4 Å². The Labute approximate surface area is 97.3 Å². The normalized spacial score (nSPS) is 23.8. The van der Waals surface area contributed by atoms with Gasteiger partial charge in [0.2, 0.25) is 0 Å². The summed E-state index contributed by atoms with van der Waals surface area (Å²) < 4.78 is 0. The molecule has 4 heteroatoms. The Bertz CT molecular complexity index is 247. The highest BCUT2D eigenvalue weighted by Crippen LogP contribution is 2.48. The van der Waals surface area contributed by atoms with Gasteiger partial charge in [0.05, 0.1) is 6.04 Å². The third kappa shape index (κ3) is 2.88. The second-order valence-corrected chi connectivity index (χ2v) is 5.23. The molecule has 1 atom stereocenters. The smallest absolute Gasteiger partial charge is 0.156 e. The van der Waals surface area contributed by atoms with Crippen LogP contribution in [0.25, 0.3) is 0 Å². The number of nitrogens with one attached hydrogen (secondary N) is 1.